The van der Waals surface area contributed by atoms with Crippen molar-refractivity contribution >= 4 is 33.0 Å². The smallest absolute Gasteiger partial charge is 0.213 e. The first-order valence-electron chi connectivity index (χ1n) is 8.20. The lowest BCUT2D eigenvalue weighted by atomic mass is 9.98. The molecule has 5 rings (SSSR count). The van der Waals surface area contributed by atoms with E-state index in [0.717, 1.165) is 27.9 Å². The van der Waals surface area contributed by atoms with Crippen LogP contribution in [0, 0.1) is 0 Å². The molecule has 25 heavy (non-hydrogen) atoms. The maximum absolute atomic E-state index is 6.35. The third-order valence-corrected chi connectivity index (χ3v) is 6.05. The van der Waals surface area contributed by atoms with E-state index in [1.165, 1.54) is 10.4 Å². The van der Waals surface area contributed by atoms with Crippen LogP contribution >= 0.6 is 27.3 Å². The third-order valence-electron chi connectivity index (χ3n) is 4.64. The van der Waals surface area contributed by atoms with Gasteiger partial charge in [-0.1, -0.05) is 52.3 Å². The molecule has 2 aliphatic rings. The number of benzene rings is 2. The fourth-order valence-corrected chi connectivity index (χ4v) is 4.64. The molecular formula is C20H15BrN2OS. The average Bonchev–Trinajstić information content (AvgIpc) is 3.30. The van der Waals surface area contributed by atoms with E-state index >= 15 is 0 Å². The molecule has 1 aromatic heterocycles. The molecule has 2 atom stereocenters. The predicted octanol–water partition coefficient (Wildman–Crippen LogP) is 5.75. The van der Waals surface area contributed by atoms with Crippen molar-refractivity contribution in [3.8, 4) is 5.75 Å². The minimum atomic E-state index is -0.213. The average molecular weight is 411 g/mol. The SMILES string of the molecule is Brc1cccc([C@H]2Oc3ccccc3[C@H]3CC(c4cccs4)=NN32)c1. The van der Waals surface area contributed by atoms with Crippen molar-refractivity contribution in [2.45, 2.75) is 18.7 Å². The molecule has 2 aromatic carbocycles. The van der Waals surface area contributed by atoms with E-state index in [9.17, 15) is 0 Å². The highest BCUT2D eigenvalue weighted by molar-refractivity contribution is 9.10. The van der Waals surface area contributed by atoms with Gasteiger partial charge in [0.1, 0.15) is 5.75 Å². The van der Waals surface area contributed by atoms with Crippen LogP contribution in [-0.4, -0.2) is 10.7 Å². The van der Waals surface area contributed by atoms with Crippen LogP contribution in [0.2, 0.25) is 0 Å². The molecule has 124 valence electrons. The molecule has 0 amide bonds. The molecule has 5 heteroatoms. The Kier molecular flexibility index (Phi) is 3.64. The summed E-state index contributed by atoms with van der Waals surface area (Å²) < 4.78 is 7.40. The molecule has 0 spiro atoms. The van der Waals surface area contributed by atoms with Crippen molar-refractivity contribution in [2.24, 2.45) is 5.10 Å². The monoisotopic (exact) mass is 410 g/mol. The molecule has 0 radical (unpaired) electrons. The van der Waals surface area contributed by atoms with Crippen molar-refractivity contribution in [3.05, 3.63) is 86.5 Å². The molecule has 0 saturated heterocycles. The maximum Gasteiger partial charge on any atom is 0.213 e. The van der Waals surface area contributed by atoms with Crippen molar-refractivity contribution < 1.29 is 4.74 Å². The number of ether oxygens (including phenoxy) is 1. The van der Waals surface area contributed by atoms with Crippen LogP contribution in [0.25, 0.3) is 0 Å². The van der Waals surface area contributed by atoms with Gasteiger partial charge < -0.3 is 4.74 Å². The second-order valence-electron chi connectivity index (χ2n) is 6.19. The summed E-state index contributed by atoms with van der Waals surface area (Å²) in [6, 6.07) is 21.0. The molecule has 2 aliphatic heterocycles. The molecule has 0 bridgehead atoms. The Morgan fingerprint density at radius 2 is 2.00 bits per heavy atom. The fourth-order valence-electron chi connectivity index (χ4n) is 3.51. The number of hydrazone groups is 1. The summed E-state index contributed by atoms with van der Waals surface area (Å²) in [4.78, 5) is 1.24. The minimum absolute atomic E-state index is 0.213. The van der Waals surface area contributed by atoms with Crippen LogP contribution in [0.3, 0.4) is 0 Å². The summed E-state index contributed by atoms with van der Waals surface area (Å²) in [5, 5.41) is 9.19. The Morgan fingerprint density at radius 3 is 2.84 bits per heavy atom. The largest absolute Gasteiger partial charge is 0.464 e. The second-order valence-corrected chi connectivity index (χ2v) is 8.05. The summed E-state index contributed by atoms with van der Waals surface area (Å²) in [7, 11) is 0. The molecular weight excluding hydrogens is 396 g/mol. The van der Waals surface area contributed by atoms with Crippen LogP contribution in [0.15, 0.2) is 75.6 Å². The van der Waals surface area contributed by atoms with Gasteiger partial charge in [0.05, 0.1) is 16.6 Å². The summed E-state index contributed by atoms with van der Waals surface area (Å²) in [5.41, 5.74) is 3.45. The van der Waals surface area contributed by atoms with E-state index in [4.69, 9.17) is 9.84 Å². The summed E-state index contributed by atoms with van der Waals surface area (Å²) in [6.07, 6.45) is 0.695. The molecule has 0 unspecified atom stereocenters. The van der Waals surface area contributed by atoms with Crippen LogP contribution in [-0.2, 0) is 0 Å². The van der Waals surface area contributed by atoms with Gasteiger partial charge in [0.25, 0.3) is 0 Å². The highest BCUT2D eigenvalue weighted by atomic mass is 79.9. The molecule has 3 nitrogen and oxygen atoms in total. The van der Waals surface area contributed by atoms with Gasteiger partial charge in [0.15, 0.2) is 0 Å². The molecule has 0 saturated carbocycles. The summed E-state index contributed by atoms with van der Waals surface area (Å²) >= 11 is 5.31. The number of halogens is 1. The Balaban J connectivity index is 1.62. The van der Waals surface area contributed by atoms with E-state index < -0.39 is 0 Å². The van der Waals surface area contributed by atoms with Gasteiger partial charge in [-0.25, -0.2) is 5.01 Å². The van der Waals surface area contributed by atoms with Crippen LogP contribution in [0.1, 0.15) is 34.7 Å². The first-order chi connectivity index (χ1) is 12.3. The van der Waals surface area contributed by atoms with E-state index in [-0.39, 0.29) is 12.3 Å². The number of rotatable bonds is 2. The van der Waals surface area contributed by atoms with Crippen molar-refractivity contribution in [3.63, 3.8) is 0 Å². The van der Waals surface area contributed by atoms with Crippen molar-refractivity contribution in [2.75, 3.05) is 0 Å². The highest BCUT2D eigenvalue weighted by Crippen LogP contribution is 2.47. The second kappa shape index (κ2) is 6.00. The predicted molar refractivity (Wildman–Crippen MR) is 104 cm³/mol. The number of hydrogen-bond donors (Lipinski definition) is 0. The lowest BCUT2D eigenvalue weighted by Crippen LogP contribution is -2.33. The normalized spacial score (nSPS) is 21.3. The molecule has 0 fully saturated rings. The lowest BCUT2D eigenvalue weighted by molar-refractivity contribution is -0.0190. The molecule has 0 N–H and O–H groups in total. The van der Waals surface area contributed by atoms with Gasteiger partial charge in [0.2, 0.25) is 6.23 Å². The third kappa shape index (κ3) is 2.58. The van der Waals surface area contributed by atoms with Gasteiger partial charge in [-0.05, 0) is 29.6 Å². The Hall–Kier alpha value is -2.11. The number of thiophene rings is 1. The number of nitrogens with zero attached hydrogens (tertiary/aromatic N) is 2. The first-order valence-corrected chi connectivity index (χ1v) is 9.87. The maximum atomic E-state index is 6.35. The van der Waals surface area contributed by atoms with Crippen molar-refractivity contribution in [1.82, 2.24) is 5.01 Å². The molecule has 3 heterocycles. The minimum Gasteiger partial charge on any atom is -0.464 e. The van der Waals surface area contributed by atoms with Crippen molar-refractivity contribution in [1.29, 1.82) is 0 Å². The van der Waals surface area contributed by atoms with Gasteiger partial charge in [-0.3, -0.25) is 0 Å². The van der Waals surface area contributed by atoms with Gasteiger partial charge >= 0.3 is 0 Å². The first kappa shape index (κ1) is 15.2. The zero-order valence-electron chi connectivity index (χ0n) is 13.3. The van der Waals surface area contributed by atoms with Gasteiger partial charge in [-0.15, -0.1) is 11.3 Å². The van der Waals surface area contributed by atoms with Gasteiger partial charge in [0, 0.05) is 22.0 Å². The van der Waals surface area contributed by atoms with Crippen LogP contribution < -0.4 is 4.74 Å². The summed E-state index contributed by atoms with van der Waals surface area (Å²) in [5.74, 6) is 0.955. The molecule has 3 aromatic rings. The zero-order chi connectivity index (χ0) is 16.8. The summed E-state index contributed by atoms with van der Waals surface area (Å²) in [6.45, 7) is 0. The number of hydrogen-bond acceptors (Lipinski definition) is 4. The lowest BCUT2D eigenvalue weighted by Gasteiger charge is -2.38. The van der Waals surface area contributed by atoms with Crippen LogP contribution in [0.5, 0.6) is 5.75 Å². The van der Waals surface area contributed by atoms with E-state index in [1.54, 1.807) is 11.3 Å². The number of fused-ring (bicyclic) bond motifs is 3. The molecule has 0 aliphatic carbocycles. The van der Waals surface area contributed by atoms with Gasteiger partial charge in [-0.2, -0.15) is 5.10 Å². The van der Waals surface area contributed by atoms with Crippen LogP contribution in [0.4, 0.5) is 0 Å². The fraction of sp³-hybridized carbons (Fsp3) is 0.150. The Labute approximate surface area is 158 Å². The highest BCUT2D eigenvalue weighted by Gasteiger charge is 2.40. The van der Waals surface area contributed by atoms with E-state index in [2.05, 4.69) is 68.8 Å². The van der Waals surface area contributed by atoms with E-state index in [0.29, 0.717) is 0 Å². The van der Waals surface area contributed by atoms with E-state index in [1.807, 2.05) is 18.2 Å². The number of para-hydroxylation sites is 1. The Morgan fingerprint density at radius 1 is 1.08 bits per heavy atom. The quantitative estimate of drug-likeness (QED) is 0.536. The Bertz CT molecular complexity index is 954. The standard InChI is InChI=1S/C20H15BrN2OS/c21-14-6-3-5-13(11-14)20-23-17(15-7-1-2-8-18(15)24-20)12-16(22-23)19-9-4-10-25-19/h1-11,17,20H,12H2/t17-,20-/m1/s1. The topological polar surface area (TPSA) is 24.8 Å². The zero-order valence-corrected chi connectivity index (χ0v) is 15.7.